The van der Waals surface area contributed by atoms with Crippen LogP contribution in [0.2, 0.25) is 0 Å². The summed E-state index contributed by atoms with van der Waals surface area (Å²) in [6.07, 6.45) is 26.6. The van der Waals surface area contributed by atoms with Crippen LogP contribution < -0.4 is 4.90 Å². The maximum atomic E-state index is 13.0. The fraction of sp³-hybridized carbons (Fsp3) is 0.522. The van der Waals surface area contributed by atoms with Crippen LogP contribution in [0.1, 0.15) is 137 Å². The van der Waals surface area contributed by atoms with E-state index in [1.165, 1.54) is 169 Å². The number of benzene rings is 4. The molecule has 0 N–H and O–H groups in total. The molecule has 5 aliphatic heterocycles. The monoisotopic (exact) mass is 1080 g/mol. The number of carbonyl (C=O) groups excluding carboxylic acids is 1. The van der Waals surface area contributed by atoms with E-state index in [9.17, 15) is 4.79 Å². The van der Waals surface area contributed by atoms with E-state index in [2.05, 4.69) is 86.6 Å². The van der Waals surface area contributed by atoms with Crippen molar-refractivity contribution in [2.45, 2.75) is 173 Å². The number of fused-ring (bicyclic) bond motifs is 12. The van der Waals surface area contributed by atoms with Crippen molar-refractivity contribution < 1.29 is 4.79 Å². The Balaban J connectivity index is 0.000000106. The molecular formula is C67H81N13O. The zero-order chi connectivity index (χ0) is 54.0. The lowest BCUT2D eigenvalue weighted by Crippen LogP contribution is -2.41. The molecule has 3 fully saturated rings. The van der Waals surface area contributed by atoms with Gasteiger partial charge in [0.15, 0.2) is 0 Å². The highest BCUT2D eigenvalue weighted by atomic mass is 16.2. The van der Waals surface area contributed by atoms with Gasteiger partial charge in [-0.15, -0.1) is 0 Å². The highest BCUT2D eigenvalue weighted by Gasteiger charge is 2.32. The quantitative estimate of drug-likeness (QED) is 0.165. The summed E-state index contributed by atoms with van der Waals surface area (Å²) in [5, 5.41) is 0. The third-order valence-corrected chi connectivity index (χ3v) is 20.5. The Morgan fingerprint density at radius 2 is 0.864 bits per heavy atom. The molecule has 0 spiro atoms. The van der Waals surface area contributed by atoms with Crippen molar-refractivity contribution in [3.63, 3.8) is 0 Å². The topological polar surface area (TPSA) is 113 Å². The van der Waals surface area contributed by atoms with Gasteiger partial charge in [0, 0.05) is 140 Å². The maximum Gasteiger partial charge on any atom is 0.254 e. The molecule has 14 heteroatoms. The lowest BCUT2D eigenvalue weighted by molar-refractivity contribution is 0.0734. The standard InChI is InChI=1S/C26H30N4O.C22H26N6.C19H25N3/c1-18-5-7-19(8-6-18)26(31)29-11-9-20-15-23-24(16-21(20)17-29)30-14-13-28(22-3-2-4-22)12-10-25(30)27-23;1-3-18(4-1)26-10-6-21-25-19-13-16-5-9-27(22-23-7-2-8-24-22)15-17(16)14-20(19)28(21)12-11-26;1-2-5-15-13-18-17(12-14(15)4-1)20-19-8-9-21(10-11-22(18)19)16-6-3-7-16/h5-8,15-16,22H,2-4,9-14,17H2,1H3;2,7-8,13-14,18H,1,3-6,9-12,15H2;12-13,16H,1-11H2. The second-order valence-corrected chi connectivity index (χ2v) is 25.3. The van der Waals surface area contributed by atoms with E-state index in [1.807, 2.05) is 47.6 Å². The van der Waals surface area contributed by atoms with Gasteiger partial charge in [0.2, 0.25) is 5.95 Å². The van der Waals surface area contributed by atoms with Crippen LogP contribution >= 0.6 is 0 Å². The number of aryl methyl sites for hydroxylation is 3. The van der Waals surface area contributed by atoms with Gasteiger partial charge in [-0.05, 0) is 172 Å². The SMILES string of the molecule is Cc1ccc(C(=O)N2CCc3cc4nc5n(c4cc3C2)CCN(C2CCC2)CC5)cc1.c1c2c(cc3c1nc1n3CCN(C3CCC3)CC1)CCCC2.c1cnc(N2CCc3cc4nc5n(c4cc3C2)CCN(C2CCC2)CC5)nc1. The maximum absolute atomic E-state index is 13.0. The molecule has 14 nitrogen and oxygen atoms in total. The largest absolute Gasteiger partial charge is 0.336 e. The third-order valence-electron chi connectivity index (χ3n) is 20.5. The van der Waals surface area contributed by atoms with Crippen molar-refractivity contribution in [2.75, 3.05) is 57.3 Å². The summed E-state index contributed by atoms with van der Waals surface area (Å²) in [4.78, 5) is 49.3. The molecule has 4 aromatic heterocycles. The predicted octanol–water partition coefficient (Wildman–Crippen LogP) is 10.1. The highest BCUT2D eigenvalue weighted by molar-refractivity contribution is 5.94. The molecule has 81 heavy (non-hydrogen) atoms. The number of hydrogen-bond donors (Lipinski definition) is 0. The zero-order valence-electron chi connectivity index (χ0n) is 47.9. The van der Waals surface area contributed by atoms with E-state index < -0.39 is 0 Å². The first-order valence-electron chi connectivity index (χ1n) is 31.5. The minimum absolute atomic E-state index is 0.133. The molecule has 0 saturated heterocycles. The lowest BCUT2D eigenvalue weighted by Gasteiger charge is -2.36. The molecular weight excluding hydrogens is 1000 g/mol. The summed E-state index contributed by atoms with van der Waals surface area (Å²) in [6.45, 7) is 15.5. The lowest BCUT2D eigenvalue weighted by atomic mass is 9.91. The Kier molecular flexibility index (Phi) is 14.0. The van der Waals surface area contributed by atoms with Crippen LogP contribution in [0.4, 0.5) is 5.95 Å². The van der Waals surface area contributed by atoms with Gasteiger partial charge in [-0.3, -0.25) is 19.5 Å². The van der Waals surface area contributed by atoms with Crippen LogP contribution in [0.3, 0.4) is 0 Å². The molecule has 8 aromatic rings. The minimum atomic E-state index is 0.133. The van der Waals surface area contributed by atoms with Gasteiger partial charge >= 0.3 is 0 Å². The Bertz CT molecular complexity index is 3600. The molecule has 0 bridgehead atoms. The second kappa shape index (κ2) is 22.0. The van der Waals surface area contributed by atoms with Gasteiger partial charge in [-0.25, -0.2) is 24.9 Å². The molecule has 1 amide bonds. The summed E-state index contributed by atoms with van der Waals surface area (Å²) in [7, 11) is 0. The average molecular weight is 1080 g/mol. The van der Waals surface area contributed by atoms with E-state index in [-0.39, 0.29) is 5.91 Å². The number of imidazole rings is 3. The summed E-state index contributed by atoms with van der Waals surface area (Å²) in [6, 6.07) is 26.4. The fourth-order valence-corrected chi connectivity index (χ4v) is 15.0. The van der Waals surface area contributed by atoms with Gasteiger partial charge < -0.3 is 23.5 Å². The van der Waals surface area contributed by atoms with Crippen molar-refractivity contribution in [1.82, 2.24) is 58.2 Å². The summed E-state index contributed by atoms with van der Waals surface area (Å²) >= 11 is 0. The Morgan fingerprint density at radius 1 is 0.432 bits per heavy atom. The number of anilines is 1. The van der Waals surface area contributed by atoms with Crippen LogP contribution in [-0.2, 0) is 77.7 Å². The molecule has 0 unspecified atom stereocenters. The summed E-state index contributed by atoms with van der Waals surface area (Å²) in [5.41, 5.74) is 18.1. The molecule has 0 radical (unpaired) electrons. The van der Waals surface area contributed by atoms with Crippen LogP contribution in [0.15, 0.2) is 79.1 Å². The molecule has 9 heterocycles. The number of carbonyl (C=O) groups is 1. The Morgan fingerprint density at radius 3 is 1.33 bits per heavy atom. The van der Waals surface area contributed by atoms with Crippen molar-refractivity contribution in [3.05, 3.63) is 141 Å². The van der Waals surface area contributed by atoms with Crippen molar-refractivity contribution >= 4 is 45.0 Å². The van der Waals surface area contributed by atoms with Crippen LogP contribution in [-0.4, -0.2) is 135 Å². The normalized spacial score (nSPS) is 20.8. The van der Waals surface area contributed by atoms with Gasteiger partial charge in [-0.2, -0.15) is 0 Å². The van der Waals surface area contributed by atoms with E-state index in [4.69, 9.17) is 15.0 Å². The molecule has 17 rings (SSSR count). The number of amides is 1. The number of aromatic nitrogens is 8. The number of nitrogens with zero attached hydrogens (tertiary/aromatic N) is 13. The first-order valence-corrected chi connectivity index (χ1v) is 31.5. The highest BCUT2D eigenvalue weighted by Crippen LogP contribution is 2.35. The van der Waals surface area contributed by atoms with Gasteiger partial charge in [0.1, 0.15) is 17.5 Å². The van der Waals surface area contributed by atoms with Crippen LogP contribution in [0.25, 0.3) is 33.1 Å². The van der Waals surface area contributed by atoms with Crippen molar-refractivity contribution in [1.29, 1.82) is 0 Å². The predicted molar refractivity (Wildman–Crippen MR) is 321 cm³/mol. The van der Waals surface area contributed by atoms with E-state index in [0.29, 0.717) is 6.54 Å². The molecule has 0 atom stereocenters. The van der Waals surface area contributed by atoms with Gasteiger partial charge in [0.25, 0.3) is 5.91 Å². The van der Waals surface area contributed by atoms with Crippen LogP contribution in [0.5, 0.6) is 0 Å². The summed E-state index contributed by atoms with van der Waals surface area (Å²) < 4.78 is 7.43. The van der Waals surface area contributed by atoms with Gasteiger partial charge in [-0.1, -0.05) is 37.0 Å². The number of hydrogen-bond acceptors (Lipinski definition) is 10. The molecule has 420 valence electrons. The first-order chi connectivity index (χ1) is 39.9. The summed E-state index contributed by atoms with van der Waals surface area (Å²) in [5.74, 6) is 4.78. The van der Waals surface area contributed by atoms with E-state index in [1.54, 1.807) is 11.1 Å². The number of rotatable bonds is 5. The average Bonchev–Trinajstić information content (AvgIpc) is 4.17. The van der Waals surface area contributed by atoms with E-state index >= 15 is 0 Å². The second-order valence-electron chi connectivity index (χ2n) is 25.3. The molecule has 4 aromatic carbocycles. The van der Waals surface area contributed by atoms with Crippen LogP contribution in [0, 0.1) is 6.92 Å². The van der Waals surface area contributed by atoms with Crippen molar-refractivity contribution in [2.24, 2.45) is 0 Å². The molecule has 3 saturated carbocycles. The Labute approximate surface area is 477 Å². The minimum Gasteiger partial charge on any atom is -0.336 e. The Hall–Kier alpha value is -6.48. The molecule has 4 aliphatic carbocycles. The van der Waals surface area contributed by atoms with Gasteiger partial charge in [0.05, 0.1) is 33.1 Å². The first kappa shape index (κ1) is 51.4. The van der Waals surface area contributed by atoms with E-state index in [0.717, 1.165) is 133 Å². The fourth-order valence-electron chi connectivity index (χ4n) is 15.0. The third kappa shape index (κ3) is 10.1. The smallest absolute Gasteiger partial charge is 0.254 e. The molecule has 9 aliphatic rings. The van der Waals surface area contributed by atoms with Crippen molar-refractivity contribution in [3.8, 4) is 0 Å². The zero-order valence-corrected chi connectivity index (χ0v) is 47.9.